The number of nitrogens with one attached hydrogen (secondary N) is 2. The van der Waals surface area contributed by atoms with Gasteiger partial charge in [0.2, 0.25) is 0 Å². The number of carbonyl (C=O) groups is 3. The summed E-state index contributed by atoms with van der Waals surface area (Å²) in [5, 5.41) is 13.5. The molecule has 0 spiro atoms. The number of nitro groups is 1. The molecule has 1 aromatic heterocycles. The van der Waals surface area contributed by atoms with E-state index in [0.717, 1.165) is 12.8 Å². The molecule has 3 aromatic rings. The highest BCUT2D eigenvalue weighted by atomic mass is 16.6. The first kappa shape index (κ1) is 24.8. The zero-order valence-electron chi connectivity index (χ0n) is 20.2. The van der Waals surface area contributed by atoms with Crippen molar-refractivity contribution < 1.29 is 24.0 Å². The number of aromatic amines is 1. The maximum Gasteiger partial charge on any atom is 0.410 e. The number of rotatable bonds is 6. The minimum atomic E-state index is -0.600. The largest absolute Gasteiger partial charge is 0.444 e. The number of fused-ring (bicyclic) bond motifs is 1. The third-order valence-corrected chi connectivity index (χ3v) is 5.75. The lowest BCUT2D eigenvalue weighted by Crippen LogP contribution is -2.36. The van der Waals surface area contributed by atoms with E-state index in [2.05, 4.69) is 15.3 Å². The Balaban J connectivity index is 1.45. The average Bonchev–Trinajstić information content (AvgIpc) is 3.47. The number of nitro benzene ring substituents is 1. The Bertz CT molecular complexity index is 1340. The molecule has 1 fully saturated rings. The number of aromatic nitrogens is 2. The molecule has 36 heavy (non-hydrogen) atoms. The molecule has 0 aliphatic carbocycles. The second-order valence-electron chi connectivity index (χ2n) is 9.60. The number of ether oxygens (including phenoxy) is 1. The van der Waals surface area contributed by atoms with Crippen molar-refractivity contribution in [1.29, 1.82) is 0 Å². The number of amides is 2. The number of hydrogen-bond acceptors (Lipinski definition) is 7. The van der Waals surface area contributed by atoms with Gasteiger partial charge in [0.15, 0.2) is 5.78 Å². The van der Waals surface area contributed by atoms with Crippen LogP contribution in [0.15, 0.2) is 42.5 Å². The standard InChI is InChI=1S/C25H27N5O6/c1-25(2,3)36-24(33)29-11-5-8-20(29)22-27-18-10-9-16(13-19(18)28-22)23(32)26-14-21(31)15-6-4-7-17(12-15)30(34)35/h4,6-7,9-10,12-13,20H,5,8,11,14H2,1-3H3,(H,26,32)(H,27,28)/t20-/m0/s1. The Labute approximate surface area is 207 Å². The van der Waals surface area contributed by atoms with E-state index in [1.807, 2.05) is 20.8 Å². The molecule has 2 N–H and O–H groups in total. The molecule has 0 radical (unpaired) electrons. The van der Waals surface area contributed by atoms with Gasteiger partial charge in [0.05, 0.1) is 28.5 Å². The number of non-ortho nitro benzene ring substituents is 1. The summed E-state index contributed by atoms with van der Waals surface area (Å²) in [6.07, 6.45) is 1.18. The fourth-order valence-corrected chi connectivity index (χ4v) is 4.08. The molecule has 0 saturated carbocycles. The van der Waals surface area contributed by atoms with Crippen molar-refractivity contribution in [2.45, 2.75) is 45.3 Å². The van der Waals surface area contributed by atoms with Crippen LogP contribution in [0.3, 0.4) is 0 Å². The number of hydrogen-bond donors (Lipinski definition) is 2. The summed E-state index contributed by atoms with van der Waals surface area (Å²) >= 11 is 0. The summed E-state index contributed by atoms with van der Waals surface area (Å²) in [5.74, 6) is -0.296. The van der Waals surface area contributed by atoms with Gasteiger partial charge in [-0.25, -0.2) is 9.78 Å². The monoisotopic (exact) mass is 493 g/mol. The normalized spacial score (nSPS) is 15.6. The predicted octanol–water partition coefficient (Wildman–Crippen LogP) is 4.16. The summed E-state index contributed by atoms with van der Waals surface area (Å²) < 4.78 is 5.53. The Morgan fingerprint density at radius 1 is 1.19 bits per heavy atom. The minimum Gasteiger partial charge on any atom is -0.444 e. The number of imidazole rings is 1. The summed E-state index contributed by atoms with van der Waals surface area (Å²) in [5.41, 5.74) is 0.935. The Morgan fingerprint density at radius 2 is 1.97 bits per heavy atom. The Kier molecular flexibility index (Phi) is 6.73. The molecule has 11 nitrogen and oxygen atoms in total. The molecule has 188 valence electrons. The Morgan fingerprint density at radius 3 is 2.69 bits per heavy atom. The summed E-state index contributed by atoms with van der Waals surface area (Å²) in [4.78, 5) is 57.5. The topological polar surface area (TPSA) is 148 Å². The second-order valence-corrected chi connectivity index (χ2v) is 9.60. The molecule has 1 aliphatic rings. The van der Waals surface area contributed by atoms with E-state index in [9.17, 15) is 24.5 Å². The van der Waals surface area contributed by atoms with Crippen molar-refractivity contribution in [1.82, 2.24) is 20.2 Å². The van der Waals surface area contributed by atoms with Gasteiger partial charge >= 0.3 is 6.09 Å². The first-order chi connectivity index (χ1) is 17.0. The number of nitrogens with zero attached hydrogens (tertiary/aromatic N) is 3. The van der Waals surface area contributed by atoms with Crippen molar-refractivity contribution in [3.05, 3.63) is 69.5 Å². The maximum atomic E-state index is 12.7. The lowest BCUT2D eigenvalue weighted by molar-refractivity contribution is -0.384. The number of H-pyrrole nitrogens is 1. The number of likely N-dealkylation sites (tertiary alicyclic amines) is 1. The van der Waals surface area contributed by atoms with Crippen molar-refractivity contribution in [2.24, 2.45) is 0 Å². The lowest BCUT2D eigenvalue weighted by Gasteiger charge is -2.27. The van der Waals surface area contributed by atoms with Crippen molar-refractivity contribution >= 4 is 34.5 Å². The predicted molar refractivity (Wildman–Crippen MR) is 131 cm³/mol. The van der Waals surface area contributed by atoms with Crippen LogP contribution >= 0.6 is 0 Å². The summed E-state index contributed by atoms with van der Waals surface area (Å²) in [7, 11) is 0. The quantitative estimate of drug-likeness (QED) is 0.298. The van der Waals surface area contributed by atoms with Crippen LogP contribution in [0.4, 0.5) is 10.5 Å². The van der Waals surface area contributed by atoms with Crippen LogP contribution < -0.4 is 5.32 Å². The fourth-order valence-electron chi connectivity index (χ4n) is 4.08. The van der Waals surface area contributed by atoms with E-state index in [1.165, 1.54) is 24.3 Å². The van der Waals surface area contributed by atoms with Crippen molar-refractivity contribution in [3.8, 4) is 0 Å². The van der Waals surface area contributed by atoms with Gasteiger partial charge in [0.1, 0.15) is 11.4 Å². The lowest BCUT2D eigenvalue weighted by atomic mass is 10.1. The zero-order chi connectivity index (χ0) is 26.0. The van der Waals surface area contributed by atoms with Crippen LogP contribution in [0.5, 0.6) is 0 Å². The van der Waals surface area contributed by atoms with E-state index in [-0.39, 0.29) is 29.9 Å². The smallest absolute Gasteiger partial charge is 0.410 e. The van der Waals surface area contributed by atoms with E-state index >= 15 is 0 Å². The number of Topliss-reactive ketones (excluding diaryl/α,β-unsaturated/α-hetero) is 1. The number of benzene rings is 2. The van der Waals surface area contributed by atoms with Crippen LogP contribution in [-0.4, -0.2) is 56.3 Å². The average molecular weight is 494 g/mol. The van der Waals surface area contributed by atoms with E-state index in [0.29, 0.717) is 29.0 Å². The fraction of sp³-hybridized carbons (Fsp3) is 0.360. The van der Waals surface area contributed by atoms with E-state index in [1.54, 1.807) is 23.1 Å². The molecule has 11 heteroatoms. The SMILES string of the molecule is CC(C)(C)OC(=O)N1CCC[C@H]1c1nc2ccc(C(=O)NCC(=O)c3cccc([N+](=O)[O-])c3)cc2[nH]1. The first-order valence-corrected chi connectivity index (χ1v) is 11.6. The van der Waals surface area contributed by atoms with Gasteiger partial charge in [0.25, 0.3) is 11.6 Å². The summed E-state index contributed by atoms with van der Waals surface area (Å²) in [6, 6.07) is 10.0. The van der Waals surface area contributed by atoms with Gasteiger partial charge in [0, 0.05) is 29.8 Å². The van der Waals surface area contributed by atoms with Gasteiger partial charge in [-0.3, -0.25) is 24.6 Å². The minimum absolute atomic E-state index is 0.143. The molecule has 1 atom stereocenters. The highest BCUT2D eigenvalue weighted by molar-refractivity contribution is 6.03. The molecule has 1 aliphatic heterocycles. The van der Waals surface area contributed by atoms with Crippen LogP contribution in [0.25, 0.3) is 11.0 Å². The van der Waals surface area contributed by atoms with Gasteiger partial charge in [-0.1, -0.05) is 12.1 Å². The molecular weight excluding hydrogens is 466 g/mol. The van der Waals surface area contributed by atoms with Gasteiger partial charge in [-0.2, -0.15) is 0 Å². The van der Waals surface area contributed by atoms with Crippen LogP contribution in [0.1, 0.15) is 66.2 Å². The third kappa shape index (κ3) is 5.51. The molecule has 0 bridgehead atoms. The second kappa shape index (κ2) is 9.76. The molecule has 1 saturated heterocycles. The molecular formula is C25H27N5O6. The number of carbonyl (C=O) groups excluding carboxylic acids is 3. The summed E-state index contributed by atoms with van der Waals surface area (Å²) in [6.45, 7) is 5.73. The first-order valence-electron chi connectivity index (χ1n) is 11.6. The third-order valence-electron chi connectivity index (χ3n) is 5.75. The molecule has 0 unspecified atom stereocenters. The molecule has 2 heterocycles. The molecule has 2 aromatic carbocycles. The van der Waals surface area contributed by atoms with Gasteiger partial charge in [-0.05, 0) is 51.8 Å². The van der Waals surface area contributed by atoms with Crippen LogP contribution in [0, 0.1) is 10.1 Å². The van der Waals surface area contributed by atoms with Crippen LogP contribution in [-0.2, 0) is 4.74 Å². The Hall–Kier alpha value is -4.28. The zero-order valence-corrected chi connectivity index (χ0v) is 20.2. The molecule has 2 amide bonds. The van der Waals surface area contributed by atoms with Crippen molar-refractivity contribution in [2.75, 3.05) is 13.1 Å². The van der Waals surface area contributed by atoms with E-state index < -0.39 is 22.2 Å². The van der Waals surface area contributed by atoms with Crippen molar-refractivity contribution in [3.63, 3.8) is 0 Å². The maximum absolute atomic E-state index is 12.7. The molecule has 4 rings (SSSR count). The number of ketones is 1. The van der Waals surface area contributed by atoms with Gasteiger partial charge < -0.3 is 15.0 Å². The van der Waals surface area contributed by atoms with Gasteiger partial charge in [-0.15, -0.1) is 0 Å². The highest BCUT2D eigenvalue weighted by Gasteiger charge is 2.35. The van der Waals surface area contributed by atoms with Crippen LogP contribution in [0.2, 0.25) is 0 Å². The van der Waals surface area contributed by atoms with E-state index in [4.69, 9.17) is 4.74 Å². The highest BCUT2D eigenvalue weighted by Crippen LogP contribution is 2.32.